The fourth-order valence-electron chi connectivity index (χ4n) is 2.44. The van der Waals surface area contributed by atoms with Gasteiger partial charge in [-0.05, 0) is 38.3 Å². The highest BCUT2D eigenvalue weighted by Gasteiger charge is 2.29. The number of nitrogens with one attached hydrogen (secondary N) is 2. The van der Waals surface area contributed by atoms with E-state index < -0.39 is 16.1 Å². The molecule has 0 radical (unpaired) electrons. The minimum Gasteiger partial charge on any atom is -0.340 e. The molecule has 1 amide bonds. The van der Waals surface area contributed by atoms with Gasteiger partial charge in [0.15, 0.2) is 0 Å². The van der Waals surface area contributed by atoms with Gasteiger partial charge in [-0.2, -0.15) is 4.72 Å². The maximum absolute atomic E-state index is 12.4. The number of likely N-dealkylation sites (tertiary alicyclic amines) is 1. The van der Waals surface area contributed by atoms with Crippen LogP contribution in [0.2, 0.25) is 0 Å². The Labute approximate surface area is 141 Å². The summed E-state index contributed by atoms with van der Waals surface area (Å²) in [6.45, 7) is 2.90. The number of piperidine rings is 1. The van der Waals surface area contributed by atoms with Gasteiger partial charge in [0.05, 0.1) is 6.04 Å². The zero-order valence-electron chi connectivity index (χ0n) is 12.6. The van der Waals surface area contributed by atoms with Crippen LogP contribution in [0.25, 0.3) is 0 Å². The van der Waals surface area contributed by atoms with Gasteiger partial charge >= 0.3 is 0 Å². The lowest BCUT2D eigenvalue weighted by Crippen LogP contribution is -2.53. The second kappa shape index (κ2) is 8.26. The highest BCUT2D eigenvalue weighted by atomic mass is 35.5. The molecule has 0 aromatic carbocycles. The zero-order chi connectivity index (χ0) is 15.5. The third-order valence-electron chi connectivity index (χ3n) is 3.60. The van der Waals surface area contributed by atoms with Gasteiger partial charge in [-0.15, -0.1) is 23.7 Å². The summed E-state index contributed by atoms with van der Waals surface area (Å²) in [5.74, 6) is -0.171. The quantitative estimate of drug-likeness (QED) is 0.815. The van der Waals surface area contributed by atoms with Crippen LogP contribution in [-0.4, -0.2) is 51.4 Å². The molecule has 2 unspecified atom stereocenters. The number of halogens is 1. The van der Waals surface area contributed by atoms with Crippen LogP contribution in [0, 0.1) is 0 Å². The first-order valence-electron chi connectivity index (χ1n) is 6.96. The van der Waals surface area contributed by atoms with E-state index in [1.165, 1.54) is 6.07 Å². The number of carbonyl (C=O) groups excluding carboxylic acids is 1. The Morgan fingerprint density at radius 3 is 2.82 bits per heavy atom. The molecular formula is C13H22ClN3O3S2. The summed E-state index contributed by atoms with van der Waals surface area (Å²) in [5.41, 5.74) is 0. The van der Waals surface area contributed by atoms with Crippen LogP contribution in [0.5, 0.6) is 0 Å². The third kappa shape index (κ3) is 4.66. The molecule has 0 aliphatic carbocycles. The van der Waals surface area contributed by atoms with E-state index in [-0.39, 0.29) is 28.6 Å². The Bertz CT molecular complexity index is 577. The fourth-order valence-corrected chi connectivity index (χ4v) is 4.65. The van der Waals surface area contributed by atoms with Crippen molar-refractivity contribution in [1.29, 1.82) is 0 Å². The first-order chi connectivity index (χ1) is 9.94. The van der Waals surface area contributed by atoms with Crippen LogP contribution in [0.15, 0.2) is 21.7 Å². The zero-order valence-corrected chi connectivity index (χ0v) is 15.1. The standard InChI is InChI=1S/C13H21N3O3S2.ClH/c1-10(15-21(18,19)12-6-4-8-20-12)13(17)16-7-3-5-11(9-16)14-2;/h4,6,8,10-11,14-15H,3,5,7,9H2,1-2H3;1H. The molecule has 1 saturated heterocycles. The number of hydrogen-bond donors (Lipinski definition) is 2. The predicted molar refractivity (Wildman–Crippen MR) is 90.0 cm³/mol. The first-order valence-corrected chi connectivity index (χ1v) is 9.32. The normalized spacial score (nSPS) is 20.3. The average Bonchev–Trinajstić information content (AvgIpc) is 3.01. The van der Waals surface area contributed by atoms with E-state index in [0.717, 1.165) is 24.2 Å². The monoisotopic (exact) mass is 367 g/mol. The minimum atomic E-state index is -3.61. The third-order valence-corrected chi connectivity index (χ3v) is 6.54. The highest BCUT2D eigenvalue weighted by Crippen LogP contribution is 2.17. The van der Waals surface area contributed by atoms with Gasteiger partial charge in [0.2, 0.25) is 5.91 Å². The molecule has 1 aromatic rings. The van der Waals surface area contributed by atoms with Crippen LogP contribution in [0.3, 0.4) is 0 Å². The van der Waals surface area contributed by atoms with Crippen molar-refractivity contribution < 1.29 is 13.2 Å². The summed E-state index contributed by atoms with van der Waals surface area (Å²) in [7, 11) is -1.74. The topological polar surface area (TPSA) is 78.5 Å². The van der Waals surface area contributed by atoms with Gasteiger partial charge in [0.1, 0.15) is 4.21 Å². The summed E-state index contributed by atoms with van der Waals surface area (Å²) < 4.78 is 26.9. The van der Waals surface area contributed by atoms with Crippen molar-refractivity contribution in [3.05, 3.63) is 17.5 Å². The number of sulfonamides is 1. The Morgan fingerprint density at radius 1 is 1.50 bits per heavy atom. The van der Waals surface area contributed by atoms with E-state index in [0.29, 0.717) is 13.1 Å². The number of amides is 1. The molecule has 1 aliphatic rings. The van der Waals surface area contributed by atoms with Crippen LogP contribution >= 0.6 is 23.7 Å². The molecule has 0 spiro atoms. The second-order valence-electron chi connectivity index (χ2n) is 5.19. The smallest absolute Gasteiger partial charge is 0.250 e. The SMILES string of the molecule is CNC1CCCN(C(=O)C(C)NS(=O)(=O)c2cccs2)C1.Cl. The van der Waals surface area contributed by atoms with Crippen molar-refractivity contribution in [2.45, 2.75) is 36.1 Å². The van der Waals surface area contributed by atoms with E-state index in [4.69, 9.17) is 0 Å². The van der Waals surface area contributed by atoms with Gasteiger partial charge in [0.25, 0.3) is 10.0 Å². The van der Waals surface area contributed by atoms with Gasteiger partial charge in [-0.1, -0.05) is 6.07 Å². The predicted octanol–water partition coefficient (Wildman–Crippen LogP) is 1.05. The largest absolute Gasteiger partial charge is 0.340 e. The van der Waals surface area contributed by atoms with Crippen molar-refractivity contribution in [2.75, 3.05) is 20.1 Å². The molecule has 126 valence electrons. The molecular weight excluding hydrogens is 346 g/mol. The summed E-state index contributed by atoms with van der Waals surface area (Å²) >= 11 is 1.14. The Morgan fingerprint density at radius 2 is 2.23 bits per heavy atom. The highest BCUT2D eigenvalue weighted by molar-refractivity contribution is 7.91. The van der Waals surface area contributed by atoms with Gasteiger partial charge in [-0.25, -0.2) is 8.42 Å². The average molecular weight is 368 g/mol. The van der Waals surface area contributed by atoms with E-state index in [9.17, 15) is 13.2 Å². The van der Waals surface area contributed by atoms with Crippen LogP contribution < -0.4 is 10.0 Å². The van der Waals surface area contributed by atoms with Crippen molar-refractivity contribution >= 4 is 39.7 Å². The second-order valence-corrected chi connectivity index (χ2v) is 8.08. The van der Waals surface area contributed by atoms with E-state index in [1.807, 2.05) is 7.05 Å². The lowest BCUT2D eigenvalue weighted by Gasteiger charge is -2.34. The lowest BCUT2D eigenvalue weighted by atomic mass is 10.1. The summed E-state index contributed by atoms with van der Waals surface area (Å²) in [6.07, 6.45) is 1.97. The maximum Gasteiger partial charge on any atom is 0.250 e. The molecule has 6 nitrogen and oxygen atoms in total. The summed E-state index contributed by atoms with van der Waals surface area (Å²) in [5, 5.41) is 4.87. The summed E-state index contributed by atoms with van der Waals surface area (Å²) in [4.78, 5) is 14.1. The van der Waals surface area contributed by atoms with E-state index in [1.54, 1.807) is 23.3 Å². The van der Waals surface area contributed by atoms with Crippen LogP contribution in [-0.2, 0) is 14.8 Å². The van der Waals surface area contributed by atoms with Crippen LogP contribution in [0.1, 0.15) is 19.8 Å². The molecule has 0 saturated carbocycles. The Balaban J connectivity index is 0.00000242. The van der Waals surface area contributed by atoms with Gasteiger partial charge in [0, 0.05) is 19.1 Å². The fraction of sp³-hybridized carbons (Fsp3) is 0.615. The molecule has 2 heterocycles. The number of rotatable bonds is 5. The van der Waals surface area contributed by atoms with E-state index in [2.05, 4.69) is 10.0 Å². The number of carbonyl (C=O) groups is 1. The molecule has 2 N–H and O–H groups in total. The Kier molecular flexibility index (Phi) is 7.27. The van der Waals surface area contributed by atoms with Crippen molar-refractivity contribution in [3.63, 3.8) is 0 Å². The first kappa shape index (κ1) is 19.4. The van der Waals surface area contributed by atoms with Gasteiger partial charge < -0.3 is 10.2 Å². The number of likely N-dealkylation sites (N-methyl/N-ethyl adjacent to an activating group) is 1. The maximum atomic E-state index is 12.4. The lowest BCUT2D eigenvalue weighted by molar-refractivity contribution is -0.133. The van der Waals surface area contributed by atoms with Crippen molar-refractivity contribution in [2.24, 2.45) is 0 Å². The molecule has 22 heavy (non-hydrogen) atoms. The molecule has 1 aliphatic heterocycles. The molecule has 1 aromatic heterocycles. The molecule has 2 rings (SSSR count). The van der Waals surface area contributed by atoms with Crippen molar-refractivity contribution in [1.82, 2.24) is 14.9 Å². The van der Waals surface area contributed by atoms with Crippen molar-refractivity contribution in [3.8, 4) is 0 Å². The summed E-state index contributed by atoms with van der Waals surface area (Å²) in [6, 6.07) is 2.73. The minimum absolute atomic E-state index is 0. The molecule has 9 heteroatoms. The molecule has 0 bridgehead atoms. The van der Waals surface area contributed by atoms with Gasteiger partial charge in [-0.3, -0.25) is 4.79 Å². The number of hydrogen-bond acceptors (Lipinski definition) is 5. The van der Waals surface area contributed by atoms with Crippen LogP contribution in [0.4, 0.5) is 0 Å². The molecule has 2 atom stereocenters. The molecule has 1 fully saturated rings. The Hall–Kier alpha value is -0.670. The number of nitrogens with zero attached hydrogens (tertiary/aromatic N) is 1. The number of thiophene rings is 1. The van der Waals surface area contributed by atoms with E-state index >= 15 is 0 Å².